The van der Waals surface area contributed by atoms with Gasteiger partial charge in [-0.3, -0.25) is 0 Å². The Morgan fingerprint density at radius 1 is 0.240 bits per heavy atom. The van der Waals surface area contributed by atoms with Crippen molar-refractivity contribution < 1.29 is 4.74 Å². The Morgan fingerprint density at radius 2 is 0.430 bits per heavy atom. The van der Waals surface area contributed by atoms with Gasteiger partial charge in [0, 0.05) is 81.1 Å². The van der Waals surface area contributed by atoms with Crippen molar-refractivity contribution in [3.63, 3.8) is 0 Å². The lowest BCUT2D eigenvalue weighted by molar-refractivity contribution is 0.232. The second-order valence-corrected chi connectivity index (χ2v) is 32.9. The maximum absolute atomic E-state index is 7.49. The summed E-state index contributed by atoms with van der Waals surface area (Å²) in [6, 6.07) is 44.3. The highest BCUT2D eigenvalue weighted by Crippen LogP contribution is 2.37. The first-order valence-corrected chi connectivity index (χ1v) is 44.1. The summed E-state index contributed by atoms with van der Waals surface area (Å²) in [6.07, 6.45) is 29.3. The monoisotopic (exact) mass is 1430 g/mol. The molecule has 0 saturated carbocycles. The second-order valence-electron chi connectivity index (χ2n) is 27.4. The Bertz CT molecular complexity index is 3410. The first-order valence-electron chi connectivity index (χ1n) is 39.1. The second kappa shape index (κ2) is 50.1. The molecule has 6 unspecified atom stereocenters. The highest BCUT2D eigenvalue weighted by atomic mass is 32.2. The largest absolute Gasteiger partial charge is 0.491 e. The molecule has 0 spiro atoms. The third kappa shape index (κ3) is 30.5. The lowest BCUT2D eigenvalue weighted by atomic mass is 9.89. The molecular weight excluding hydrogens is 1310 g/mol. The van der Waals surface area contributed by atoms with Gasteiger partial charge in [0.15, 0.2) is 5.75 Å². The minimum absolute atomic E-state index is 0.320. The van der Waals surface area contributed by atoms with E-state index in [0.717, 1.165) is 82.3 Å². The maximum atomic E-state index is 7.49. The number of hydrogen-bond donors (Lipinski definition) is 0. The smallest absolute Gasteiger partial charge is 0.153 e. The number of thioether (sulfide) groups is 5. The van der Waals surface area contributed by atoms with Crippen LogP contribution in [0.1, 0.15) is 293 Å². The van der Waals surface area contributed by atoms with Crippen molar-refractivity contribution in [1.29, 1.82) is 0 Å². The molecule has 6 aromatic carbocycles. The van der Waals surface area contributed by atoms with Gasteiger partial charge >= 0.3 is 0 Å². The van der Waals surface area contributed by atoms with Crippen LogP contribution in [0.3, 0.4) is 0 Å². The van der Waals surface area contributed by atoms with Gasteiger partial charge in [-0.15, -0.1) is 58.8 Å². The fourth-order valence-electron chi connectivity index (χ4n) is 12.0. The summed E-state index contributed by atoms with van der Waals surface area (Å²) in [6.45, 7) is 28.2. The van der Waals surface area contributed by atoms with Gasteiger partial charge in [0.1, 0.15) is 0 Å². The molecule has 6 heteroatoms. The fourth-order valence-corrected chi connectivity index (χ4v) is 17.8. The van der Waals surface area contributed by atoms with Crippen LogP contribution in [0.15, 0.2) is 146 Å². The Morgan fingerprint density at radius 3 is 0.630 bits per heavy atom. The molecule has 6 atom stereocenters. The zero-order chi connectivity index (χ0) is 71.4. The van der Waals surface area contributed by atoms with E-state index in [1.165, 1.54) is 153 Å². The van der Waals surface area contributed by atoms with E-state index < -0.39 is 0 Å². The van der Waals surface area contributed by atoms with E-state index in [9.17, 15) is 0 Å². The molecule has 0 N–H and O–H groups in total. The van der Waals surface area contributed by atoms with Crippen molar-refractivity contribution in [1.82, 2.24) is 0 Å². The van der Waals surface area contributed by atoms with Gasteiger partial charge in [-0.25, -0.2) is 0 Å². The fraction of sp³-hybridized carbons (Fsp3) is 0.511. The topological polar surface area (TPSA) is 9.23 Å². The SMILES string of the molecule is CCCCC(CC)COc1c(C#Cc2ccc(SCC(CC)CCCC)cc2)c(C#Cc2ccc(SCC(CC)CCCC)cc2)c(C#Cc2ccc(SCC(CC)CCCC)cc2)c(C#Cc2ccc(SCC(CC)CCCC)cc2)c1C#Cc1ccc(SCC(CC)CCCC)cc1. The van der Waals surface area contributed by atoms with E-state index in [-0.39, 0.29) is 0 Å². The lowest BCUT2D eigenvalue weighted by Gasteiger charge is -2.20. The van der Waals surface area contributed by atoms with E-state index in [2.05, 4.69) is 264 Å². The number of ether oxygens (including phenoxy) is 1. The molecule has 0 aliphatic rings. The molecule has 6 aromatic rings. The molecule has 0 aromatic heterocycles. The van der Waals surface area contributed by atoms with Crippen LogP contribution in [-0.4, -0.2) is 35.4 Å². The van der Waals surface area contributed by atoms with Crippen LogP contribution < -0.4 is 4.74 Å². The summed E-state index contributed by atoms with van der Waals surface area (Å²) in [5.41, 5.74) is 8.10. The minimum Gasteiger partial charge on any atom is -0.491 e. The van der Waals surface area contributed by atoms with E-state index in [1.54, 1.807) is 0 Å². The van der Waals surface area contributed by atoms with Crippen molar-refractivity contribution in [3.05, 3.63) is 177 Å². The Hall–Kier alpha value is -5.33. The number of hydrogen-bond acceptors (Lipinski definition) is 6. The first kappa shape index (κ1) is 83.6. The van der Waals surface area contributed by atoms with Gasteiger partial charge in [0.05, 0.1) is 34.4 Å². The summed E-state index contributed by atoms with van der Waals surface area (Å²) >= 11 is 9.82. The van der Waals surface area contributed by atoms with Crippen LogP contribution in [0, 0.1) is 94.7 Å². The number of benzene rings is 6. The predicted octanol–water partition coefficient (Wildman–Crippen LogP) is 27.8. The third-order valence-corrected chi connectivity index (χ3v) is 25.8. The van der Waals surface area contributed by atoms with Crippen molar-refractivity contribution in [2.45, 2.75) is 262 Å². The maximum Gasteiger partial charge on any atom is 0.153 e. The Kier molecular flexibility index (Phi) is 41.9. The number of unbranched alkanes of at least 4 members (excludes halogenated alkanes) is 6. The summed E-state index contributed by atoms with van der Waals surface area (Å²) in [4.78, 5) is 6.34. The van der Waals surface area contributed by atoms with Gasteiger partial charge in [-0.2, -0.15) is 0 Å². The third-order valence-electron chi connectivity index (χ3n) is 19.5. The molecule has 0 aliphatic carbocycles. The van der Waals surface area contributed by atoms with E-state index in [1.807, 2.05) is 58.8 Å². The van der Waals surface area contributed by atoms with Crippen LogP contribution in [0.4, 0.5) is 0 Å². The molecule has 0 aliphatic heterocycles. The Labute approximate surface area is 633 Å². The highest BCUT2D eigenvalue weighted by molar-refractivity contribution is 8.00. The molecule has 0 saturated heterocycles. The van der Waals surface area contributed by atoms with Crippen LogP contribution in [0.25, 0.3) is 0 Å². The molecule has 0 amide bonds. The Balaban J connectivity index is 1.68. The van der Waals surface area contributed by atoms with Gasteiger partial charge < -0.3 is 4.74 Å². The van der Waals surface area contributed by atoms with E-state index in [0.29, 0.717) is 75.7 Å². The van der Waals surface area contributed by atoms with Gasteiger partial charge in [-0.05, 0) is 195 Å². The lowest BCUT2D eigenvalue weighted by Crippen LogP contribution is -2.14. The summed E-state index contributed by atoms with van der Waals surface area (Å²) in [7, 11) is 0. The molecule has 1 nitrogen and oxygen atoms in total. The molecule has 0 fully saturated rings. The average molecular weight is 1430 g/mol. The quantitative estimate of drug-likeness (QED) is 0.0277. The van der Waals surface area contributed by atoms with Crippen LogP contribution >= 0.6 is 58.8 Å². The van der Waals surface area contributed by atoms with Gasteiger partial charge in [-0.1, -0.05) is 258 Å². The van der Waals surface area contributed by atoms with Crippen LogP contribution in [-0.2, 0) is 0 Å². The number of rotatable bonds is 42. The molecule has 0 bridgehead atoms. The molecular formula is C94H122OS5. The zero-order valence-electron chi connectivity index (χ0n) is 63.7. The molecule has 0 heterocycles. The standard InChI is InChI=1S/C94H122OS5/c1-13-25-31-73(19-7)67-95-94-92(65-50-82-43-58-87(59-44-82)99-71-77(23-11)35-29-17-5)90(63-48-80-39-54-85(55-40-80)97-69-75(21-9)33-27-15-3)89(62-47-79-37-52-84(53-38-79)96-68-74(20-8)32-26-14-2)91(64-49-81-41-56-86(57-42-81)98-70-76(22-10)34-28-16-4)93(94)66-51-83-45-60-88(61-46-83)100-72-78(24-12)36-30-18-6/h37-46,52-61,73-78H,13-36,67-72H2,1-12H3. The normalized spacial score (nSPS) is 12.8. The molecule has 0 radical (unpaired) electrons. The molecule has 534 valence electrons. The highest BCUT2D eigenvalue weighted by Gasteiger charge is 2.24. The van der Waals surface area contributed by atoms with Crippen molar-refractivity contribution in [2.75, 3.05) is 35.4 Å². The predicted molar refractivity (Wildman–Crippen MR) is 448 cm³/mol. The molecule has 6 rings (SSSR count). The molecule has 100 heavy (non-hydrogen) atoms. The van der Waals surface area contributed by atoms with Crippen molar-refractivity contribution >= 4 is 58.8 Å². The minimum atomic E-state index is 0.320. The summed E-state index contributed by atoms with van der Waals surface area (Å²) < 4.78 is 7.49. The van der Waals surface area contributed by atoms with Crippen LogP contribution in [0.2, 0.25) is 0 Å². The van der Waals surface area contributed by atoms with Crippen LogP contribution in [0.5, 0.6) is 5.75 Å². The van der Waals surface area contributed by atoms with E-state index in [4.69, 9.17) is 4.74 Å². The van der Waals surface area contributed by atoms with E-state index >= 15 is 0 Å². The van der Waals surface area contributed by atoms with Gasteiger partial charge in [0.2, 0.25) is 0 Å². The average Bonchev–Trinajstić information content (AvgIpc) is 0.763. The van der Waals surface area contributed by atoms with Crippen molar-refractivity contribution in [2.24, 2.45) is 35.5 Å². The first-order chi connectivity index (χ1) is 49.0. The summed E-state index contributed by atoms with van der Waals surface area (Å²) in [5.74, 6) is 47.7. The zero-order valence-corrected chi connectivity index (χ0v) is 67.8. The van der Waals surface area contributed by atoms with Crippen molar-refractivity contribution in [3.8, 4) is 65.0 Å². The summed E-state index contributed by atoms with van der Waals surface area (Å²) in [5, 5.41) is 0. The van der Waals surface area contributed by atoms with Gasteiger partial charge in [0.25, 0.3) is 0 Å².